The third kappa shape index (κ3) is 2.91. The van der Waals surface area contributed by atoms with Crippen LogP contribution >= 0.6 is 11.6 Å². The molecule has 0 saturated carbocycles. The molecule has 0 fully saturated rings. The molecule has 0 atom stereocenters. The van der Waals surface area contributed by atoms with Gasteiger partial charge in [-0.1, -0.05) is 11.6 Å². The Labute approximate surface area is 125 Å². The summed E-state index contributed by atoms with van der Waals surface area (Å²) in [4.78, 5) is 15.5. The molecular weight excluding hydrogens is 322 g/mol. The number of aryl methyl sites for hydroxylation is 1. The van der Waals surface area contributed by atoms with Crippen molar-refractivity contribution in [2.75, 3.05) is 6.61 Å². The van der Waals surface area contributed by atoms with Gasteiger partial charge in [0.25, 0.3) is 10.0 Å². The Morgan fingerprint density at radius 2 is 2.19 bits per heavy atom. The fourth-order valence-electron chi connectivity index (χ4n) is 1.71. The average molecular weight is 334 g/mol. The van der Waals surface area contributed by atoms with E-state index in [1.54, 1.807) is 14.0 Å². The van der Waals surface area contributed by atoms with Crippen LogP contribution in [-0.2, 0) is 21.8 Å². The van der Waals surface area contributed by atoms with Gasteiger partial charge >= 0.3 is 5.97 Å². The minimum Gasteiger partial charge on any atom is -0.461 e. The maximum atomic E-state index is 11.8. The number of aromatic nitrogens is 4. The molecule has 11 heteroatoms. The lowest BCUT2D eigenvalue weighted by molar-refractivity contribution is 0.0515. The zero-order valence-corrected chi connectivity index (χ0v) is 12.7. The molecule has 0 aliphatic carbocycles. The van der Waals surface area contributed by atoms with Crippen LogP contribution in [0.1, 0.15) is 17.4 Å². The molecule has 21 heavy (non-hydrogen) atoms. The van der Waals surface area contributed by atoms with Crippen molar-refractivity contribution >= 4 is 27.6 Å². The molecule has 114 valence electrons. The summed E-state index contributed by atoms with van der Waals surface area (Å²) in [5, 5.41) is 8.82. The summed E-state index contributed by atoms with van der Waals surface area (Å²) < 4.78 is 30.7. The van der Waals surface area contributed by atoms with E-state index < -0.39 is 26.7 Å². The number of carbonyl (C=O) groups is 1. The highest BCUT2D eigenvalue weighted by Gasteiger charge is 2.29. The number of hydrogen-bond donors (Lipinski definition) is 1. The van der Waals surface area contributed by atoms with Gasteiger partial charge in [0.15, 0.2) is 16.5 Å². The fourth-order valence-corrected chi connectivity index (χ4v) is 2.79. The second-order valence-electron chi connectivity index (χ2n) is 4.01. The second-order valence-corrected chi connectivity index (χ2v) is 5.89. The smallest absolute Gasteiger partial charge is 0.360 e. The van der Waals surface area contributed by atoms with E-state index in [1.807, 2.05) is 0 Å². The highest BCUT2D eigenvalue weighted by molar-refractivity contribution is 7.89. The normalized spacial score (nSPS) is 11.6. The number of nitrogens with zero attached hydrogens (tertiary/aromatic N) is 4. The molecule has 0 aliphatic heterocycles. The van der Waals surface area contributed by atoms with Gasteiger partial charge in [0.2, 0.25) is 0 Å². The molecule has 0 radical (unpaired) electrons. The third-order valence-electron chi connectivity index (χ3n) is 2.46. The van der Waals surface area contributed by atoms with Gasteiger partial charge in [-0.05, 0) is 6.92 Å². The van der Waals surface area contributed by atoms with Gasteiger partial charge in [0.05, 0.1) is 6.61 Å². The first-order valence-electron chi connectivity index (χ1n) is 5.72. The van der Waals surface area contributed by atoms with Crippen molar-refractivity contribution in [3.05, 3.63) is 23.2 Å². The molecule has 0 spiro atoms. The molecule has 0 bridgehead atoms. The van der Waals surface area contributed by atoms with Crippen molar-refractivity contribution < 1.29 is 17.9 Å². The Bertz CT molecular complexity index is 794. The maximum absolute atomic E-state index is 11.8. The fraction of sp³-hybridized carbons (Fsp3) is 0.300. The monoisotopic (exact) mass is 333 g/mol. The molecule has 2 N–H and O–H groups in total. The molecular formula is C10H12ClN5O4S. The Hall–Kier alpha value is -1.91. The first-order chi connectivity index (χ1) is 9.75. The number of carbonyl (C=O) groups excluding carboxylic acids is 1. The van der Waals surface area contributed by atoms with Gasteiger partial charge in [-0.3, -0.25) is 9.25 Å². The van der Waals surface area contributed by atoms with E-state index in [1.165, 1.54) is 10.9 Å². The lowest BCUT2D eigenvalue weighted by Crippen LogP contribution is -2.21. The highest BCUT2D eigenvalue weighted by Crippen LogP contribution is 2.24. The molecule has 0 amide bonds. The van der Waals surface area contributed by atoms with Crippen LogP contribution in [-0.4, -0.2) is 40.3 Å². The number of rotatable bonds is 4. The molecule has 9 nitrogen and oxygen atoms in total. The van der Waals surface area contributed by atoms with Crippen LogP contribution in [0.3, 0.4) is 0 Å². The quantitative estimate of drug-likeness (QED) is 0.791. The van der Waals surface area contributed by atoms with Gasteiger partial charge in [0.1, 0.15) is 11.3 Å². The van der Waals surface area contributed by atoms with Crippen LogP contribution in [0.2, 0.25) is 5.02 Å². The number of halogens is 1. The van der Waals surface area contributed by atoms with E-state index in [2.05, 4.69) is 10.1 Å². The van der Waals surface area contributed by atoms with E-state index in [0.29, 0.717) is 0 Å². The largest absolute Gasteiger partial charge is 0.461 e. The molecule has 2 heterocycles. The maximum Gasteiger partial charge on any atom is 0.360 e. The number of hydrogen-bond acceptors (Lipinski definition) is 6. The summed E-state index contributed by atoms with van der Waals surface area (Å²) in [6.07, 6.45) is 2.56. The Morgan fingerprint density at radius 1 is 1.52 bits per heavy atom. The van der Waals surface area contributed by atoms with Gasteiger partial charge in [-0.25, -0.2) is 23.3 Å². The lowest BCUT2D eigenvalue weighted by atomic mass is 10.5. The third-order valence-corrected chi connectivity index (χ3v) is 3.65. The van der Waals surface area contributed by atoms with Crippen LogP contribution in [0, 0.1) is 0 Å². The summed E-state index contributed by atoms with van der Waals surface area (Å²) in [6.45, 7) is 1.65. The van der Waals surface area contributed by atoms with Crippen molar-refractivity contribution in [3.8, 4) is 5.82 Å². The van der Waals surface area contributed by atoms with E-state index in [4.69, 9.17) is 21.5 Å². The van der Waals surface area contributed by atoms with Crippen molar-refractivity contribution in [2.24, 2.45) is 12.2 Å². The molecule has 2 rings (SSSR count). The van der Waals surface area contributed by atoms with E-state index in [0.717, 1.165) is 10.9 Å². The van der Waals surface area contributed by atoms with Crippen LogP contribution < -0.4 is 5.14 Å². The van der Waals surface area contributed by atoms with E-state index in [9.17, 15) is 13.2 Å². The number of nitrogens with two attached hydrogens (primary N) is 1. The predicted molar refractivity (Wildman–Crippen MR) is 72.7 cm³/mol. The van der Waals surface area contributed by atoms with Gasteiger partial charge < -0.3 is 4.74 Å². The van der Waals surface area contributed by atoms with Crippen LogP contribution in [0.5, 0.6) is 0 Å². The first-order valence-corrected chi connectivity index (χ1v) is 7.65. The molecule has 0 aliphatic rings. The second kappa shape index (κ2) is 5.47. The van der Waals surface area contributed by atoms with Crippen molar-refractivity contribution in [1.82, 2.24) is 19.3 Å². The Morgan fingerprint density at radius 3 is 2.67 bits per heavy atom. The molecule has 0 aromatic carbocycles. The molecule has 2 aromatic rings. The zero-order valence-electron chi connectivity index (χ0n) is 11.1. The lowest BCUT2D eigenvalue weighted by Gasteiger charge is -2.05. The van der Waals surface area contributed by atoms with E-state index in [-0.39, 0.29) is 17.4 Å². The van der Waals surface area contributed by atoms with Gasteiger partial charge in [0, 0.05) is 13.2 Å². The van der Waals surface area contributed by atoms with Gasteiger partial charge in [-0.15, -0.1) is 0 Å². The van der Waals surface area contributed by atoms with E-state index >= 15 is 0 Å². The summed E-state index contributed by atoms with van der Waals surface area (Å²) in [5.74, 6) is -0.807. The summed E-state index contributed by atoms with van der Waals surface area (Å²) >= 11 is 5.97. The first kappa shape index (κ1) is 15.5. The molecule has 0 unspecified atom stereocenters. The number of esters is 1. The van der Waals surface area contributed by atoms with Crippen molar-refractivity contribution in [2.45, 2.75) is 11.9 Å². The number of ether oxygens (including phenoxy) is 1. The predicted octanol–water partition coefficient (Wildman–Crippen LogP) is 0.0833. The Kier molecular flexibility index (Phi) is 4.03. The average Bonchev–Trinajstić information content (AvgIpc) is 2.92. The minimum absolute atomic E-state index is 0.0695. The van der Waals surface area contributed by atoms with Gasteiger partial charge in [-0.2, -0.15) is 5.10 Å². The standard InChI is InChI=1S/C10H12ClN5O4S/c1-3-20-10(17)7-9(21(12,18)19)16(5-13-7)8-6(11)4-15(2)14-8/h4-5H,3H2,1-2H3,(H2,12,18,19). The van der Waals surface area contributed by atoms with Crippen LogP contribution in [0.25, 0.3) is 5.82 Å². The number of primary sulfonamides is 1. The molecule has 2 aromatic heterocycles. The zero-order chi connectivity index (χ0) is 15.8. The van der Waals surface area contributed by atoms with Crippen molar-refractivity contribution in [3.63, 3.8) is 0 Å². The van der Waals surface area contributed by atoms with Crippen LogP contribution in [0.15, 0.2) is 17.6 Å². The SMILES string of the molecule is CCOC(=O)c1ncn(-c2nn(C)cc2Cl)c1S(N)(=O)=O. The van der Waals surface area contributed by atoms with Crippen molar-refractivity contribution in [1.29, 1.82) is 0 Å². The minimum atomic E-state index is -4.25. The summed E-state index contributed by atoms with van der Waals surface area (Å²) in [5.41, 5.74) is -0.416. The topological polar surface area (TPSA) is 122 Å². The molecule has 0 saturated heterocycles. The number of sulfonamides is 1. The summed E-state index contributed by atoms with van der Waals surface area (Å²) in [6, 6.07) is 0. The summed E-state index contributed by atoms with van der Waals surface area (Å²) in [7, 11) is -2.64. The van der Waals surface area contributed by atoms with Crippen LogP contribution in [0.4, 0.5) is 0 Å². The highest BCUT2D eigenvalue weighted by atomic mass is 35.5. The Balaban J connectivity index is 2.69. The number of imidazole rings is 1.